The molecule has 0 amide bonds. The lowest BCUT2D eigenvalue weighted by molar-refractivity contribution is -0.384. The Morgan fingerprint density at radius 1 is 1.18 bits per heavy atom. The minimum absolute atomic E-state index is 0.130. The monoisotopic (exact) mass is 239 g/mol. The zero-order valence-electron chi connectivity index (χ0n) is 9.93. The molecule has 1 aromatic carbocycles. The van der Waals surface area contributed by atoms with E-state index < -0.39 is 4.92 Å². The van der Waals surface area contributed by atoms with Crippen LogP contribution in [-0.4, -0.2) is 31.9 Å². The first-order valence-corrected chi connectivity index (χ1v) is 5.54. The molecule has 0 heterocycles. The van der Waals surface area contributed by atoms with E-state index in [0.29, 0.717) is 19.8 Å². The van der Waals surface area contributed by atoms with Gasteiger partial charge in [-0.3, -0.25) is 10.1 Å². The molecule has 0 fully saturated rings. The number of benzene rings is 1. The number of hydrogen-bond donors (Lipinski definition) is 0. The normalized spacial score (nSPS) is 10.4. The molecule has 0 radical (unpaired) electrons. The molecular weight excluding hydrogens is 222 g/mol. The molecule has 1 aromatic rings. The summed E-state index contributed by atoms with van der Waals surface area (Å²) in [6, 6.07) is 6.63. The van der Waals surface area contributed by atoms with Crippen molar-refractivity contribution in [2.75, 3.05) is 26.9 Å². The molecule has 0 spiro atoms. The molecule has 0 unspecified atom stereocenters. The van der Waals surface area contributed by atoms with Crippen molar-refractivity contribution in [3.8, 4) is 0 Å². The third-order valence-corrected chi connectivity index (χ3v) is 2.33. The minimum atomic E-state index is -0.391. The van der Waals surface area contributed by atoms with Crippen LogP contribution in [0.5, 0.6) is 0 Å². The number of aryl methyl sites for hydroxylation is 1. The van der Waals surface area contributed by atoms with E-state index in [1.165, 1.54) is 12.1 Å². The van der Waals surface area contributed by atoms with E-state index in [9.17, 15) is 10.1 Å². The molecule has 94 valence electrons. The summed E-state index contributed by atoms with van der Waals surface area (Å²) in [4.78, 5) is 10.1. The van der Waals surface area contributed by atoms with Crippen LogP contribution in [0.1, 0.15) is 12.0 Å². The highest BCUT2D eigenvalue weighted by atomic mass is 16.6. The molecule has 5 heteroatoms. The highest BCUT2D eigenvalue weighted by molar-refractivity contribution is 5.32. The summed E-state index contributed by atoms with van der Waals surface area (Å²) >= 11 is 0. The maximum atomic E-state index is 10.4. The van der Waals surface area contributed by atoms with Crippen molar-refractivity contribution < 1.29 is 14.4 Å². The number of hydrogen-bond acceptors (Lipinski definition) is 4. The number of nitrogens with zero attached hydrogens (tertiary/aromatic N) is 1. The van der Waals surface area contributed by atoms with Gasteiger partial charge in [-0.2, -0.15) is 0 Å². The van der Waals surface area contributed by atoms with Gasteiger partial charge in [0.05, 0.1) is 18.1 Å². The Labute approximate surface area is 101 Å². The average Bonchev–Trinajstić information content (AvgIpc) is 2.34. The predicted octanol–water partition coefficient (Wildman–Crippen LogP) is 2.19. The summed E-state index contributed by atoms with van der Waals surface area (Å²) in [5, 5.41) is 10.4. The van der Waals surface area contributed by atoms with Crippen LogP contribution in [0.25, 0.3) is 0 Å². The fourth-order valence-corrected chi connectivity index (χ4v) is 1.41. The average molecular weight is 239 g/mol. The summed E-state index contributed by atoms with van der Waals surface area (Å²) in [6.07, 6.45) is 1.77. The summed E-state index contributed by atoms with van der Waals surface area (Å²) in [7, 11) is 1.64. The van der Waals surface area contributed by atoms with Gasteiger partial charge >= 0.3 is 0 Å². The fourth-order valence-electron chi connectivity index (χ4n) is 1.41. The highest BCUT2D eigenvalue weighted by Gasteiger charge is 2.03. The molecule has 0 aliphatic heterocycles. The predicted molar refractivity (Wildman–Crippen MR) is 64.1 cm³/mol. The van der Waals surface area contributed by atoms with Crippen LogP contribution in [0.15, 0.2) is 24.3 Å². The number of nitro groups is 1. The van der Waals surface area contributed by atoms with Crippen LogP contribution in [-0.2, 0) is 15.9 Å². The third kappa shape index (κ3) is 5.42. The van der Waals surface area contributed by atoms with Crippen LogP contribution in [0.2, 0.25) is 0 Å². The lowest BCUT2D eigenvalue weighted by Crippen LogP contribution is -2.03. The van der Waals surface area contributed by atoms with Crippen molar-refractivity contribution in [2.24, 2.45) is 0 Å². The van der Waals surface area contributed by atoms with Gasteiger partial charge in [0, 0.05) is 25.8 Å². The van der Waals surface area contributed by atoms with E-state index in [0.717, 1.165) is 18.4 Å². The molecule has 0 aromatic heterocycles. The van der Waals surface area contributed by atoms with E-state index in [4.69, 9.17) is 9.47 Å². The van der Waals surface area contributed by atoms with E-state index >= 15 is 0 Å². The topological polar surface area (TPSA) is 61.6 Å². The second kappa shape index (κ2) is 7.76. The third-order valence-electron chi connectivity index (χ3n) is 2.33. The Kier molecular flexibility index (Phi) is 6.21. The first-order valence-electron chi connectivity index (χ1n) is 5.54. The maximum absolute atomic E-state index is 10.4. The van der Waals surface area contributed by atoms with Gasteiger partial charge in [0.2, 0.25) is 0 Å². The van der Waals surface area contributed by atoms with Gasteiger partial charge in [-0.25, -0.2) is 0 Å². The van der Waals surface area contributed by atoms with Crippen LogP contribution in [0, 0.1) is 10.1 Å². The Morgan fingerprint density at radius 3 is 2.47 bits per heavy atom. The summed E-state index contributed by atoms with van der Waals surface area (Å²) in [5.74, 6) is 0. The highest BCUT2D eigenvalue weighted by Crippen LogP contribution is 2.12. The van der Waals surface area contributed by atoms with Crippen molar-refractivity contribution in [1.82, 2.24) is 0 Å². The van der Waals surface area contributed by atoms with Gasteiger partial charge < -0.3 is 9.47 Å². The first kappa shape index (κ1) is 13.6. The van der Waals surface area contributed by atoms with Crippen molar-refractivity contribution in [3.63, 3.8) is 0 Å². The van der Waals surface area contributed by atoms with Gasteiger partial charge in [-0.1, -0.05) is 12.1 Å². The summed E-state index contributed by atoms with van der Waals surface area (Å²) < 4.78 is 10.2. The Balaban J connectivity index is 2.21. The standard InChI is InChI=1S/C12H17NO4/c1-16-9-10-17-8-2-3-11-4-6-12(7-5-11)13(14)15/h4-7H,2-3,8-10H2,1H3. The molecule has 1 rings (SSSR count). The van der Waals surface area contributed by atoms with E-state index in [2.05, 4.69) is 0 Å². The number of rotatable bonds is 8. The molecule has 0 N–H and O–H groups in total. The molecule has 5 nitrogen and oxygen atoms in total. The molecule has 0 bridgehead atoms. The van der Waals surface area contributed by atoms with E-state index in [1.54, 1.807) is 19.2 Å². The second-order valence-corrected chi connectivity index (χ2v) is 3.63. The van der Waals surface area contributed by atoms with Gasteiger partial charge in [-0.15, -0.1) is 0 Å². The van der Waals surface area contributed by atoms with Crippen LogP contribution >= 0.6 is 0 Å². The Hall–Kier alpha value is -1.46. The van der Waals surface area contributed by atoms with E-state index in [-0.39, 0.29) is 5.69 Å². The molecule has 0 saturated carbocycles. The minimum Gasteiger partial charge on any atom is -0.382 e. The van der Waals surface area contributed by atoms with Crippen molar-refractivity contribution in [1.29, 1.82) is 0 Å². The zero-order chi connectivity index (χ0) is 12.5. The fraction of sp³-hybridized carbons (Fsp3) is 0.500. The smallest absolute Gasteiger partial charge is 0.269 e. The van der Waals surface area contributed by atoms with Crippen LogP contribution in [0.4, 0.5) is 5.69 Å². The zero-order valence-corrected chi connectivity index (χ0v) is 9.93. The largest absolute Gasteiger partial charge is 0.382 e. The number of nitro benzene ring substituents is 1. The second-order valence-electron chi connectivity index (χ2n) is 3.63. The Morgan fingerprint density at radius 2 is 1.88 bits per heavy atom. The van der Waals surface area contributed by atoms with Gasteiger partial charge in [0.25, 0.3) is 5.69 Å². The maximum Gasteiger partial charge on any atom is 0.269 e. The van der Waals surface area contributed by atoms with Crippen molar-refractivity contribution >= 4 is 5.69 Å². The molecule has 0 aliphatic rings. The number of ether oxygens (including phenoxy) is 2. The molecule has 17 heavy (non-hydrogen) atoms. The summed E-state index contributed by atoms with van der Waals surface area (Å²) in [5.41, 5.74) is 1.22. The lowest BCUT2D eigenvalue weighted by atomic mass is 10.1. The van der Waals surface area contributed by atoms with Gasteiger partial charge in [0.15, 0.2) is 0 Å². The lowest BCUT2D eigenvalue weighted by Gasteiger charge is -2.03. The molecule has 0 atom stereocenters. The quantitative estimate of drug-likeness (QED) is 0.396. The van der Waals surface area contributed by atoms with Gasteiger partial charge in [-0.05, 0) is 18.4 Å². The molecule has 0 aliphatic carbocycles. The van der Waals surface area contributed by atoms with Gasteiger partial charge in [0.1, 0.15) is 0 Å². The van der Waals surface area contributed by atoms with Crippen molar-refractivity contribution in [3.05, 3.63) is 39.9 Å². The molecular formula is C12H17NO4. The summed E-state index contributed by atoms with van der Waals surface area (Å²) in [6.45, 7) is 1.90. The van der Waals surface area contributed by atoms with Crippen LogP contribution in [0.3, 0.4) is 0 Å². The number of non-ortho nitro benzene ring substituents is 1. The SMILES string of the molecule is COCCOCCCc1ccc([N+](=O)[O-])cc1. The van der Waals surface area contributed by atoms with Crippen LogP contribution < -0.4 is 0 Å². The number of methoxy groups -OCH3 is 1. The Bertz CT molecular complexity index is 337. The van der Waals surface area contributed by atoms with E-state index in [1.807, 2.05) is 0 Å². The first-order chi connectivity index (χ1) is 8.24. The van der Waals surface area contributed by atoms with Crippen molar-refractivity contribution in [2.45, 2.75) is 12.8 Å². The molecule has 0 saturated heterocycles.